The van der Waals surface area contributed by atoms with E-state index in [4.69, 9.17) is 9.47 Å². The number of H-pyrrole nitrogens is 1. The number of anilines is 1. The molecule has 4 rings (SSSR count). The molecule has 0 fully saturated rings. The van der Waals surface area contributed by atoms with Gasteiger partial charge in [-0.05, 0) is 30.2 Å². The van der Waals surface area contributed by atoms with Gasteiger partial charge in [0, 0.05) is 6.07 Å². The highest BCUT2D eigenvalue weighted by molar-refractivity contribution is 7.89. The number of para-hydroxylation sites is 2. The SMILES string of the molecule is CC(C)[C@H](NS(=O)(=O)c1ccc2c(c1)OCCO2)C(=O)Nc1nc2ccccc2[nH]1. The highest BCUT2D eigenvalue weighted by Crippen LogP contribution is 2.32. The number of aromatic nitrogens is 2. The number of carbonyl (C=O) groups is 1. The lowest BCUT2D eigenvalue weighted by molar-refractivity contribution is -0.118. The third-order valence-electron chi connectivity index (χ3n) is 4.69. The second-order valence-electron chi connectivity index (χ2n) is 7.24. The van der Waals surface area contributed by atoms with Crippen LogP contribution in [-0.4, -0.2) is 43.5 Å². The fourth-order valence-corrected chi connectivity index (χ4v) is 4.48. The molecule has 158 valence electrons. The molecule has 1 amide bonds. The number of aromatic amines is 1. The first-order valence-corrected chi connectivity index (χ1v) is 11.0. The Morgan fingerprint density at radius 1 is 1.10 bits per heavy atom. The third-order valence-corrected chi connectivity index (χ3v) is 6.12. The van der Waals surface area contributed by atoms with Crippen molar-refractivity contribution in [3.63, 3.8) is 0 Å². The lowest BCUT2D eigenvalue weighted by Gasteiger charge is -2.22. The Balaban J connectivity index is 1.54. The molecule has 1 aliphatic rings. The fraction of sp³-hybridized carbons (Fsp3) is 0.300. The van der Waals surface area contributed by atoms with Gasteiger partial charge in [0.15, 0.2) is 11.5 Å². The summed E-state index contributed by atoms with van der Waals surface area (Å²) in [5.41, 5.74) is 1.47. The van der Waals surface area contributed by atoms with E-state index in [1.54, 1.807) is 19.9 Å². The molecule has 3 N–H and O–H groups in total. The topological polar surface area (TPSA) is 122 Å². The lowest BCUT2D eigenvalue weighted by atomic mass is 10.1. The van der Waals surface area contributed by atoms with Gasteiger partial charge in [-0.15, -0.1) is 0 Å². The summed E-state index contributed by atoms with van der Waals surface area (Å²) in [5.74, 6) is 0.289. The van der Waals surface area contributed by atoms with E-state index in [1.807, 2.05) is 24.3 Å². The third kappa shape index (κ3) is 4.10. The maximum Gasteiger partial charge on any atom is 0.245 e. The van der Waals surface area contributed by atoms with Crippen molar-refractivity contribution in [2.24, 2.45) is 5.92 Å². The average molecular weight is 430 g/mol. The van der Waals surface area contributed by atoms with Gasteiger partial charge in [-0.1, -0.05) is 26.0 Å². The molecule has 9 nitrogen and oxygen atoms in total. The summed E-state index contributed by atoms with van der Waals surface area (Å²) in [6, 6.07) is 10.7. The quantitative estimate of drug-likeness (QED) is 0.551. The first-order valence-electron chi connectivity index (χ1n) is 9.51. The van der Waals surface area contributed by atoms with Gasteiger partial charge in [0.25, 0.3) is 0 Å². The van der Waals surface area contributed by atoms with E-state index >= 15 is 0 Å². The summed E-state index contributed by atoms with van der Waals surface area (Å²) in [6.07, 6.45) is 0. The molecule has 0 bridgehead atoms. The number of hydrogen-bond acceptors (Lipinski definition) is 6. The van der Waals surface area contributed by atoms with E-state index in [9.17, 15) is 13.2 Å². The Morgan fingerprint density at radius 2 is 1.83 bits per heavy atom. The molecule has 0 aliphatic carbocycles. The molecule has 1 aliphatic heterocycles. The molecule has 0 unspecified atom stereocenters. The monoisotopic (exact) mass is 430 g/mol. The molecule has 1 aromatic heterocycles. The number of benzene rings is 2. The summed E-state index contributed by atoms with van der Waals surface area (Å²) >= 11 is 0. The number of ether oxygens (including phenoxy) is 2. The van der Waals surface area contributed by atoms with Crippen molar-refractivity contribution in [2.45, 2.75) is 24.8 Å². The Kier molecular flexibility index (Phi) is 5.35. The fourth-order valence-electron chi connectivity index (χ4n) is 3.12. The molecule has 2 aromatic carbocycles. The van der Waals surface area contributed by atoms with Crippen LogP contribution < -0.4 is 19.5 Å². The number of rotatable bonds is 6. The minimum Gasteiger partial charge on any atom is -0.486 e. The van der Waals surface area contributed by atoms with Crippen molar-refractivity contribution >= 4 is 32.9 Å². The van der Waals surface area contributed by atoms with Crippen LogP contribution in [-0.2, 0) is 14.8 Å². The average Bonchev–Trinajstić information content (AvgIpc) is 3.13. The van der Waals surface area contributed by atoms with Crippen molar-refractivity contribution < 1.29 is 22.7 Å². The molecule has 3 aromatic rings. The van der Waals surface area contributed by atoms with Crippen LogP contribution in [0.2, 0.25) is 0 Å². The molecule has 30 heavy (non-hydrogen) atoms. The molecular weight excluding hydrogens is 408 g/mol. The van der Waals surface area contributed by atoms with E-state index in [0.717, 1.165) is 5.52 Å². The van der Waals surface area contributed by atoms with Crippen molar-refractivity contribution in [3.8, 4) is 11.5 Å². The zero-order valence-corrected chi connectivity index (χ0v) is 17.3. The van der Waals surface area contributed by atoms with E-state index in [2.05, 4.69) is 20.0 Å². The Bertz CT molecular complexity index is 1160. The largest absolute Gasteiger partial charge is 0.486 e. The Labute approximate surface area is 173 Å². The first-order chi connectivity index (χ1) is 14.3. The highest BCUT2D eigenvalue weighted by atomic mass is 32.2. The number of nitrogens with zero attached hydrogens (tertiary/aromatic N) is 1. The Morgan fingerprint density at radius 3 is 2.57 bits per heavy atom. The predicted octanol–water partition coefficient (Wildman–Crippen LogP) is 2.28. The number of imidazole rings is 1. The van der Waals surface area contributed by atoms with E-state index in [1.165, 1.54) is 12.1 Å². The maximum absolute atomic E-state index is 12.9. The first kappa shape index (κ1) is 20.2. The van der Waals surface area contributed by atoms with Gasteiger partial charge in [-0.2, -0.15) is 4.72 Å². The van der Waals surface area contributed by atoms with Gasteiger partial charge in [0.05, 0.1) is 15.9 Å². The number of hydrogen-bond donors (Lipinski definition) is 3. The number of nitrogens with one attached hydrogen (secondary N) is 3. The zero-order valence-electron chi connectivity index (χ0n) is 16.5. The minimum absolute atomic E-state index is 0.00561. The second kappa shape index (κ2) is 7.96. The maximum atomic E-state index is 12.9. The number of sulfonamides is 1. The van der Waals surface area contributed by atoms with Gasteiger partial charge in [0.1, 0.15) is 19.3 Å². The van der Waals surface area contributed by atoms with E-state index in [-0.39, 0.29) is 16.8 Å². The number of carbonyl (C=O) groups excluding carboxylic acids is 1. The van der Waals surface area contributed by atoms with Crippen molar-refractivity contribution in [3.05, 3.63) is 42.5 Å². The summed E-state index contributed by atoms with van der Waals surface area (Å²) in [4.78, 5) is 20.1. The number of amides is 1. The van der Waals surface area contributed by atoms with Crippen LogP contribution in [0.1, 0.15) is 13.8 Å². The predicted molar refractivity (Wildman–Crippen MR) is 111 cm³/mol. The van der Waals surface area contributed by atoms with Gasteiger partial charge in [-0.3, -0.25) is 10.1 Å². The van der Waals surface area contributed by atoms with Crippen LogP contribution in [0.5, 0.6) is 11.5 Å². The van der Waals surface area contributed by atoms with E-state index in [0.29, 0.717) is 30.2 Å². The van der Waals surface area contributed by atoms with Crippen LogP contribution in [0.3, 0.4) is 0 Å². The summed E-state index contributed by atoms with van der Waals surface area (Å²) in [7, 11) is -3.98. The normalized spacial score (nSPS) is 14.6. The molecule has 1 atom stereocenters. The molecular formula is C20H22N4O5S. The van der Waals surface area contributed by atoms with Crippen molar-refractivity contribution in [1.82, 2.24) is 14.7 Å². The molecule has 10 heteroatoms. The summed E-state index contributed by atoms with van der Waals surface area (Å²) in [6.45, 7) is 4.28. The van der Waals surface area contributed by atoms with Crippen molar-refractivity contribution in [1.29, 1.82) is 0 Å². The summed E-state index contributed by atoms with van der Waals surface area (Å²) in [5, 5.41) is 2.66. The minimum atomic E-state index is -3.98. The number of fused-ring (bicyclic) bond motifs is 2. The van der Waals surface area contributed by atoms with E-state index < -0.39 is 22.0 Å². The summed E-state index contributed by atoms with van der Waals surface area (Å²) < 4.78 is 39.2. The Hall–Kier alpha value is -3.11. The van der Waals surface area contributed by atoms with Crippen LogP contribution in [0.15, 0.2) is 47.4 Å². The van der Waals surface area contributed by atoms with Crippen LogP contribution in [0.25, 0.3) is 11.0 Å². The van der Waals surface area contributed by atoms with Crippen LogP contribution in [0.4, 0.5) is 5.95 Å². The van der Waals surface area contributed by atoms with Crippen LogP contribution >= 0.6 is 0 Å². The van der Waals surface area contributed by atoms with Crippen molar-refractivity contribution in [2.75, 3.05) is 18.5 Å². The van der Waals surface area contributed by atoms with Gasteiger partial charge in [0.2, 0.25) is 21.9 Å². The smallest absolute Gasteiger partial charge is 0.245 e. The molecule has 2 heterocycles. The standard InChI is InChI=1S/C20H22N4O5S/c1-12(2)18(19(25)23-20-21-14-5-3-4-6-15(14)22-20)24-30(26,27)13-7-8-16-17(11-13)29-10-9-28-16/h3-8,11-12,18,24H,9-10H2,1-2H3,(H2,21,22,23,25)/t18-/m0/s1. The van der Waals surface area contributed by atoms with Gasteiger partial charge < -0.3 is 14.5 Å². The molecule has 0 saturated carbocycles. The van der Waals surface area contributed by atoms with Crippen LogP contribution in [0, 0.1) is 5.92 Å². The molecule has 0 radical (unpaired) electrons. The zero-order chi connectivity index (χ0) is 21.3. The lowest BCUT2D eigenvalue weighted by Crippen LogP contribution is -2.47. The highest BCUT2D eigenvalue weighted by Gasteiger charge is 2.30. The molecule has 0 spiro atoms. The van der Waals surface area contributed by atoms with Gasteiger partial charge in [-0.25, -0.2) is 13.4 Å². The second-order valence-corrected chi connectivity index (χ2v) is 8.95. The molecule has 0 saturated heterocycles. The van der Waals surface area contributed by atoms with Gasteiger partial charge >= 0.3 is 0 Å².